The lowest BCUT2D eigenvalue weighted by Crippen LogP contribution is -2.41. The van der Waals surface area contributed by atoms with Crippen LogP contribution in [0.5, 0.6) is 5.75 Å². The number of nitro groups is 1. The Hall–Kier alpha value is -1.63. The van der Waals surface area contributed by atoms with Gasteiger partial charge in [0.2, 0.25) is 15.8 Å². The standard InChI is InChI=1S/C10H12F3N3O5S.ClH/c1-21-9-7(11)2-6(3-8(9)16(17)18)22(19,20)15-5-10(12,13)4-14;/h2-3,15H,4-5,14H2,1H3;1H. The van der Waals surface area contributed by atoms with Crippen LogP contribution in [0.2, 0.25) is 0 Å². The molecular formula is C10H13ClF3N3O5S. The second kappa shape index (κ2) is 7.77. The van der Waals surface area contributed by atoms with E-state index < -0.39 is 56.1 Å². The maximum absolute atomic E-state index is 13.7. The summed E-state index contributed by atoms with van der Waals surface area (Å²) in [5.41, 5.74) is 3.80. The third-order valence-corrected chi connectivity index (χ3v) is 3.91. The van der Waals surface area contributed by atoms with Crippen LogP contribution in [0.1, 0.15) is 0 Å². The molecule has 0 aromatic heterocycles. The molecule has 0 radical (unpaired) electrons. The Bertz CT molecular complexity index is 687. The number of hydrogen-bond acceptors (Lipinski definition) is 6. The van der Waals surface area contributed by atoms with Crippen LogP contribution in [0.4, 0.5) is 18.9 Å². The summed E-state index contributed by atoms with van der Waals surface area (Å²) < 4.78 is 69.1. The van der Waals surface area contributed by atoms with E-state index in [1.165, 1.54) is 4.72 Å². The van der Waals surface area contributed by atoms with Crippen LogP contribution in [-0.2, 0) is 10.0 Å². The third-order valence-electron chi connectivity index (χ3n) is 2.53. The highest BCUT2D eigenvalue weighted by molar-refractivity contribution is 7.89. The third kappa shape index (κ3) is 5.20. The molecule has 0 spiro atoms. The summed E-state index contributed by atoms with van der Waals surface area (Å²) >= 11 is 0. The summed E-state index contributed by atoms with van der Waals surface area (Å²) in [6.45, 7) is -2.43. The summed E-state index contributed by atoms with van der Waals surface area (Å²) in [5.74, 6) is -5.59. The predicted molar refractivity (Wildman–Crippen MR) is 76.0 cm³/mol. The molecule has 0 amide bonds. The van der Waals surface area contributed by atoms with Crippen LogP contribution in [0.15, 0.2) is 17.0 Å². The van der Waals surface area contributed by atoms with Crippen LogP contribution in [0.25, 0.3) is 0 Å². The summed E-state index contributed by atoms with van der Waals surface area (Å²) in [6.07, 6.45) is 0. The molecule has 8 nitrogen and oxygen atoms in total. The Morgan fingerprint density at radius 3 is 2.43 bits per heavy atom. The Labute approximate surface area is 135 Å². The Balaban J connectivity index is 0.00000484. The van der Waals surface area contributed by atoms with Crippen molar-refractivity contribution in [3.05, 3.63) is 28.1 Å². The number of ether oxygens (including phenoxy) is 1. The van der Waals surface area contributed by atoms with E-state index in [-0.39, 0.29) is 12.4 Å². The fourth-order valence-corrected chi connectivity index (χ4v) is 2.50. The van der Waals surface area contributed by atoms with E-state index in [2.05, 4.69) is 4.74 Å². The van der Waals surface area contributed by atoms with Gasteiger partial charge in [-0.2, -0.15) is 0 Å². The van der Waals surface area contributed by atoms with Crippen molar-refractivity contribution in [1.29, 1.82) is 0 Å². The van der Waals surface area contributed by atoms with E-state index in [4.69, 9.17) is 5.73 Å². The Morgan fingerprint density at radius 2 is 2.00 bits per heavy atom. The molecule has 0 aliphatic rings. The number of nitrogens with two attached hydrogens (primary N) is 1. The minimum absolute atomic E-state index is 0. The quantitative estimate of drug-likeness (QED) is 0.538. The normalized spacial score (nSPS) is 11.7. The highest BCUT2D eigenvalue weighted by atomic mass is 35.5. The number of hydrogen-bond donors (Lipinski definition) is 2. The van der Waals surface area contributed by atoms with E-state index in [1.807, 2.05) is 0 Å². The highest BCUT2D eigenvalue weighted by Crippen LogP contribution is 2.32. The number of alkyl halides is 2. The molecular weight excluding hydrogens is 367 g/mol. The molecule has 0 bridgehead atoms. The van der Waals surface area contributed by atoms with Crippen LogP contribution in [0.3, 0.4) is 0 Å². The number of nitrogens with zero attached hydrogens (tertiary/aromatic N) is 1. The van der Waals surface area contributed by atoms with Gasteiger partial charge in [-0.25, -0.2) is 26.3 Å². The fourth-order valence-electron chi connectivity index (χ4n) is 1.40. The second-order valence-electron chi connectivity index (χ2n) is 4.10. The first-order chi connectivity index (χ1) is 10.0. The van der Waals surface area contributed by atoms with Crippen LogP contribution >= 0.6 is 12.4 Å². The Morgan fingerprint density at radius 1 is 1.43 bits per heavy atom. The number of halogens is 4. The van der Waals surface area contributed by atoms with E-state index in [9.17, 15) is 31.7 Å². The van der Waals surface area contributed by atoms with Gasteiger partial charge in [-0.15, -0.1) is 12.4 Å². The van der Waals surface area contributed by atoms with Crippen molar-refractivity contribution in [3.8, 4) is 5.75 Å². The monoisotopic (exact) mass is 379 g/mol. The van der Waals surface area contributed by atoms with Gasteiger partial charge >= 0.3 is 5.69 Å². The minimum Gasteiger partial charge on any atom is -0.488 e. The maximum atomic E-state index is 13.7. The number of rotatable bonds is 7. The molecule has 0 unspecified atom stereocenters. The summed E-state index contributed by atoms with van der Waals surface area (Å²) in [4.78, 5) is 8.84. The molecule has 0 saturated heterocycles. The first-order valence-corrected chi connectivity index (χ1v) is 7.12. The topological polar surface area (TPSA) is 125 Å². The van der Waals surface area contributed by atoms with Crippen molar-refractivity contribution in [2.75, 3.05) is 20.2 Å². The Kier molecular flexibility index (Phi) is 7.22. The van der Waals surface area contributed by atoms with Crippen molar-refractivity contribution in [2.45, 2.75) is 10.8 Å². The van der Waals surface area contributed by atoms with Crippen LogP contribution < -0.4 is 15.2 Å². The summed E-state index contributed by atoms with van der Waals surface area (Å²) in [7, 11) is -3.63. The van der Waals surface area contributed by atoms with Gasteiger partial charge in [-0.3, -0.25) is 10.1 Å². The molecule has 0 aliphatic heterocycles. The lowest BCUT2D eigenvalue weighted by atomic mass is 10.3. The van der Waals surface area contributed by atoms with Gasteiger partial charge in [-0.1, -0.05) is 0 Å². The molecule has 3 N–H and O–H groups in total. The number of nitro benzene ring substituents is 1. The number of methoxy groups -OCH3 is 1. The van der Waals surface area contributed by atoms with E-state index >= 15 is 0 Å². The number of nitrogens with one attached hydrogen (secondary N) is 1. The van der Waals surface area contributed by atoms with Gasteiger partial charge in [0.05, 0.1) is 30.0 Å². The van der Waals surface area contributed by atoms with Crippen molar-refractivity contribution in [3.63, 3.8) is 0 Å². The largest absolute Gasteiger partial charge is 0.488 e. The van der Waals surface area contributed by atoms with E-state index in [1.54, 1.807) is 0 Å². The molecule has 0 heterocycles. The molecule has 1 aromatic carbocycles. The molecule has 1 aromatic rings. The summed E-state index contributed by atoms with van der Waals surface area (Å²) in [5, 5.41) is 10.8. The first kappa shape index (κ1) is 21.4. The zero-order valence-corrected chi connectivity index (χ0v) is 13.2. The second-order valence-corrected chi connectivity index (χ2v) is 5.87. The molecule has 23 heavy (non-hydrogen) atoms. The molecule has 132 valence electrons. The van der Waals surface area contributed by atoms with Crippen molar-refractivity contribution >= 4 is 28.1 Å². The van der Waals surface area contributed by atoms with Crippen molar-refractivity contribution in [1.82, 2.24) is 4.72 Å². The molecule has 13 heteroatoms. The van der Waals surface area contributed by atoms with Crippen molar-refractivity contribution < 1.29 is 31.2 Å². The smallest absolute Gasteiger partial charge is 0.315 e. The summed E-state index contributed by atoms with van der Waals surface area (Å²) in [6, 6.07) is 0.930. The first-order valence-electron chi connectivity index (χ1n) is 5.63. The molecule has 0 aliphatic carbocycles. The zero-order valence-electron chi connectivity index (χ0n) is 11.6. The number of benzene rings is 1. The lowest BCUT2D eigenvalue weighted by Gasteiger charge is -2.15. The molecule has 1 rings (SSSR count). The van der Waals surface area contributed by atoms with Crippen molar-refractivity contribution in [2.24, 2.45) is 5.73 Å². The van der Waals surface area contributed by atoms with Gasteiger partial charge in [0.1, 0.15) is 0 Å². The zero-order chi connectivity index (χ0) is 17.1. The van der Waals surface area contributed by atoms with Crippen LogP contribution in [0, 0.1) is 15.9 Å². The van der Waals surface area contributed by atoms with E-state index in [0.717, 1.165) is 7.11 Å². The predicted octanol–water partition coefficient (Wildman–Crippen LogP) is 1.04. The molecule has 0 fully saturated rings. The van der Waals surface area contributed by atoms with Gasteiger partial charge in [0.15, 0.2) is 5.82 Å². The average molecular weight is 380 g/mol. The average Bonchev–Trinajstić information content (AvgIpc) is 2.44. The van der Waals surface area contributed by atoms with Gasteiger partial charge in [0, 0.05) is 6.07 Å². The van der Waals surface area contributed by atoms with Gasteiger partial charge < -0.3 is 10.5 Å². The SMILES string of the molecule is COc1c(F)cc(S(=O)(=O)NCC(F)(F)CN)cc1[N+](=O)[O-].Cl. The lowest BCUT2D eigenvalue weighted by molar-refractivity contribution is -0.386. The van der Waals surface area contributed by atoms with Gasteiger partial charge in [0.25, 0.3) is 5.92 Å². The maximum Gasteiger partial charge on any atom is 0.315 e. The highest BCUT2D eigenvalue weighted by Gasteiger charge is 2.31. The minimum atomic E-state index is -4.59. The molecule has 0 saturated carbocycles. The van der Waals surface area contributed by atoms with Gasteiger partial charge in [-0.05, 0) is 6.07 Å². The van der Waals surface area contributed by atoms with Crippen LogP contribution in [-0.4, -0.2) is 39.5 Å². The van der Waals surface area contributed by atoms with E-state index in [0.29, 0.717) is 12.1 Å². The molecule has 0 atom stereocenters. The fraction of sp³-hybridized carbons (Fsp3) is 0.400. The number of sulfonamides is 1.